The number of nitrogens with zero attached hydrogens (tertiary/aromatic N) is 2. The van der Waals surface area contributed by atoms with Gasteiger partial charge in [0.1, 0.15) is 5.69 Å². The van der Waals surface area contributed by atoms with Crippen LogP contribution >= 0.6 is 11.6 Å². The van der Waals surface area contributed by atoms with Crippen molar-refractivity contribution in [2.24, 2.45) is 4.99 Å². The fourth-order valence-corrected chi connectivity index (χ4v) is 1.11. The van der Waals surface area contributed by atoms with Crippen LogP contribution in [0.2, 0.25) is 0 Å². The molecule has 0 saturated carbocycles. The molecule has 1 heterocycles. The molecule has 13 heavy (non-hydrogen) atoms. The maximum absolute atomic E-state index is 5.75. The molecular formula is C9H9ClN2O. The average molecular weight is 197 g/mol. The average Bonchev–Trinajstić information content (AvgIpc) is 2.16. The van der Waals surface area contributed by atoms with Crippen LogP contribution in [-0.4, -0.2) is 18.8 Å². The van der Waals surface area contributed by atoms with Gasteiger partial charge in [-0.2, -0.15) is 0 Å². The number of hydrogen-bond donors (Lipinski definition) is 0. The number of aliphatic imine (C=N–C) groups is 1. The number of hydrogen-bond acceptors (Lipinski definition) is 3. The monoisotopic (exact) mass is 196 g/mol. The molecule has 0 atom stereocenters. The quantitative estimate of drug-likeness (QED) is 0.697. The first kappa shape index (κ1) is 9.74. The van der Waals surface area contributed by atoms with Crippen molar-refractivity contribution < 1.29 is 4.74 Å². The first-order chi connectivity index (χ1) is 6.20. The molecule has 68 valence electrons. The third kappa shape index (κ3) is 1.87. The highest BCUT2D eigenvalue weighted by Crippen LogP contribution is 2.33. The van der Waals surface area contributed by atoms with Crippen LogP contribution in [0.5, 0.6) is 5.88 Å². The van der Waals surface area contributed by atoms with Crippen molar-refractivity contribution in [1.82, 2.24) is 4.98 Å². The van der Waals surface area contributed by atoms with Crippen molar-refractivity contribution in [2.75, 3.05) is 7.11 Å². The fourth-order valence-electron chi connectivity index (χ4n) is 0.956. The second-order valence-electron chi connectivity index (χ2n) is 2.28. The summed E-state index contributed by atoms with van der Waals surface area (Å²) < 4.78 is 4.98. The Morgan fingerprint density at radius 3 is 2.85 bits per heavy atom. The molecular weight excluding hydrogens is 188 g/mol. The minimum Gasteiger partial charge on any atom is -0.479 e. The predicted octanol–water partition coefficient (Wildman–Crippen LogP) is 2.63. The topological polar surface area (TPSA) is 34.5 Å². The summed E-state index contributed by atoms with van der Waals surface area (Å²) >= 11 is 5.75. The molecule has 0 aliphatic heterocycles. The van der Waals surface area contributed by atoms with Crippen molar-refractivity contribution in [1.29, 1.82) is 0 Å². The van der Waals surface area contributed by atoms with E-state index < -0.39 is 0 Å². The zero-order chi connectivity index (χ0) is 9.84. The van der Waals surface area contributed by atoms with Crippen LogP contribution in [-0.2, 0) is 0 Å². The van der Waals surface area contributed by atoms with Gasteiger partial charge in [-0.05, 0) is 12.8 Å². The maximum Gasteiger partial charge on any atom is 0.240 e. The van der Waals surface area contributed by atoms with E-state index in [2.05, 4.69) is 23.3 Å². The van der Waals surface area contributed by atoms with E-state index in [9.17, 15) is 0 Å². The van der Waals surface area contributed by atoms with E-state index in [0.29, 0.717) is 22.2 Å². The number of halogens is 1. The summed E-state index contributed by atoms with van der Waals surface area (Å²) in [6.07, 6.45) is 1.58. The molecule has 0 N–H and O–H groups in total. The van der Waals surface area contributed by atoms with Gasteiger partial charge in [-0.25, -0.2) is 4.98 Å². The molecule has 4 heteroatoms. The number of rotatable bonds is 3. The van der Waals surface area contributed by atoms with Gasteiger partial charge in [0.15, 0.2) is 0 Å². The van der Waals surface area contributed by atoms with E-state index in [4.69, 9.17) is 16.3 Å². The van der Waals surface area contributed by atoms with Crippen LogP contribution in [0.15, 0.2) is 23.8 Å². The molecule has 0 unspecified atom stereocenters. The Morgan fingerprint density at radius 2 is 2.38 bits per heavy atom. The zero-order valence-corrected chi connectivity index (χ0v) is 8.01. The lowest BCUT2D eigenvalue weighted by Crippen LogP contribution is -1.90. The lowest BCUT2D eigenvalue weighted by Gasteiger charge is -2.06. The van der Waals surface area contributed by atoms with Crippen molar-refractivity contribution >= 4 is 29.0 Å². The second-order valence-corrected chi connectivity index (χ2v) is 2.74. The molecule has 1 rings (SSSR count). The summed E-state index contributed by atoms with van der Waals surface area (Å²) in [5.74, 6) is 0.398. The molecule has 0 aliphatic rings. The highest BCUT2D eigenvalue weighted by Gasteiger charge is 2.09. The Bertz CT molecular complexity index is 349. The van der Waals surface area contributed by atoms with E-state index in [0.717, 1.165) is 0 Å². The van der Waals surface area contributed by atoms with E-state index in [1.54, 1.807) is 12.3 Å². The summed E-state index contributed by atoms with van der Waals surface area (Å²) in [5.41, 5.74) is 1.20. The fraction of sp³-hybridized carbons (Fsp3) is 0.111. The van der Waals surface area contributed by atoms with Gasteiger partial charge in [0.2, 0.25) is 5.88 Å². The molecule has 0 aromatic carbocycles. The van der Waals surface area contributed by atoms with Gasteiger partial charge in [-0.15, -0.1) is 0 Å². The molecule has 0 saturated heterocycles. The molecule has 0 radical (unpaired) electrons. The van der Waals surface area contributed by atoms with Gasteiger partial charge in [-0.3, -0.25) is 4.99 Å². The molecule has 1 aromatic heterocycles. The Hall–Kier alpha value is -1.35. The summed E-state index contributed by atoms with van der Waals surface area (Å²) in [6, 6.07) is 1.71. The van der Waals surface area contributed by atoms with Crippen molar-refractivity contribution in [3.63, 3.8) is 0 Å². The van der Waals surface area contributed by atoms with E-state index in [1.165, 1.54) is 7.11 Å². The number of pyridine rings is 1. The summed E-state index contributed by atoms with van der Waals surface area (Å²) in [5, 5.41) is 0.392. The van der Waals surface area contributed by atoms with Crippen molar-refractivity contribution in [3.8, 4) is 5.88 Å². The Morgan fingerprint density at radius 1 is 1.69 bits per heavy atom. The maximum atomic E-state index is 5.75. The van der Waals surface area contributed by atoms with Gasteiger partial charge < -0.3 is 4.74 Å². The predicted molar refractivity (Wildman–Crippen MR) is 54.9 cm³/mol. The molecule has 1 aromatic rings. The van der Waals surface area contributed by atoms with Crippen LogP contribution in [0.3, 0.4) is 0 Å². The lowest BCUT2D eigenvalue weighted by atomic mass is 10.2. The molecule has 0 bridgehead atoms. The molecule has 3 nitrogen and oxygen atoms in total. The van der Waals surface area contributed by atoms with Crippen LogP contribution in [0, 0.1) is 0 Å². The van der Waals surface area contributed by atoms with Gasteiger partial charge in [-0.1, -0.05) is 18.2 Å². The van der Waals surface area contributed by atoms with Gasteiger partial charge in [0, 0.05) is 16.8 Å². The Kier molecular flexibility index (Phi) is 3.03. The first-order valence-electron chi connectivity index (χ1n) is 3.55. The van der Waals surface area contributed by atoms with E-state index in [-0.39, 0.29) is 0 Å². The largest absolute Gasteiger partial charge is 0.479 e. The minimum absolute atomic E-state index is 0.392. The van der Waals surface area contributed by atoms with Crippen LogP contribution in [0.4, 0.5) is 5.69 Å². The summed E-state index contributed by atoms with van der Waals surface area (Å²) in [4.78, 5) is 7.74. The Balaban J connectivity index is 3.35. The zero-order valence-electron chi connectivity index (χ0n) is 7.25. The second kappa shape index (κ2) is 4.05. The highest BCUT2D eigenvalue weighted by atomic mass is 35.5. The van der Waals surface area contributed by atoms with Crippen LogP contribution in [0.25, 0.3) is 5.03 Å². The standard InChI is InChI=1S/C9H9ClN2O/c1-6(10)7-4-5-12-9(13-3)8(7)11-2/h4-5H,1-2H2,3H3. The normalized spacial score (nSPS) is 9.38. The minimum atomic E-state index is 0.392. The lowest BCUT2D eigenvalue weighted by molar-refractivity contribution is 0.399. The third-order valence-corrected chi connectivity index (χ3v) is 1.74. The summed E-state index contributed by atoms with van der Waals surface area (Å²) in [7, 11) is 1.51. The van der Waals surface area contributed by atoms with E-state index in [1.807, 2.05) is 0 Å². The highest BCUT2D eigenvalue weighted by molar-refractivity contribution is 6.48. The van der Waals surface area contributed by atoms with Gasteiger partial charge >= 0.3 is 0 Å². The smallest absolute Gasteiger partial charge is 0.240 e. The van der Waals surface area contributed by atoms with Crippen LogP contribution in [0.1, 0.15) is 5.56 Å². The third-order valence-electron chi connectivity index (χ3n) is 1.53. The van der Waals surface area contributed by atoms with Crippen molar-refractivity contribution in [2.45, 2.75) is 0 Å². The molecule has 0 spiro atoms. The summed E-state index contributed by atoms with van der Waals surface area (Å²) in [6.45, 7) is 7.02. The molecule has 0 amide bonds. The van der Waals surface area contributed by atoms with Gasteiger partial charge in [0.25, 0.3) is 0 Å². The SMILES string of the molecule is C=Nc1c(C(=C)Cl)ccnc1OC. The Labute approximate surface area is 81.7 Å². The first-order valence-corrected chi connectivity index (χ1v) is 3.93. The van der Waals surface area contributed by atoms with Crippen molar-refractivity contribution in [3.05, 3.63) is 24.4 Å². The molecule has 0 fully saturated rings. The van der Waals surface area contributed by atoms with Gasteiger partial charge in [0.05, 0.1) is 7.11 Å². The number of aromatic nitrogens is 1. The van der Waals surface area contributed by atoms with Crippen LogP contribution < -0.4 is 4.74 Å². The number of methoxy groups -OCH3 is 1. The van der Waals surface area contributed by atoms with E-state index >= 15 is 0 Å². The molecule has 0 aliphatic carbocycles. The number of ether oxygens (including phenoxy) is 1.